The summed E-state index contributed by atoms with van der Waals surface area (Å²) >= 11 is 5.97. The fourth-order valence-corrected chi connectivity index (χ4v) is 2.25. The van der Waals surface area contributed by atoms with Crippen molar-refractivity contribution in [1.82, 2.24) is 14.9 Å². The van der Waals surface area contributed by atoms with Crippen molar-refractivity contribution in [2.24, 2.45) is 0 Å². The van der Waals surface area contributed by atoms with E-state index >= 15 is 0 Å². The Hall–Kier alpha value is -1.46. The summed E-state index contributed by atoms with van der Waals surface area (Å²) in [5.74, 6) is -0.558. The van der Waals surface area contributed by atoms with Crippen molar-refractivity contribution in [2.75, 3.05) is 13.1 Å². The first-order valence-electron chi connectivity index (χ1n) is 5.25. The van der Waals surface area contributed by atoms with Gasteiger partial charge in [-0.25, -0.2) is 9.37 Å². The Bertz CT molecular complexity index is 651. The van der Waals surface area contributed by atoms with E-state index in [9.17, 15) is 9.18 Å². The van der Waals surface area contributed by atoms with Gasteiger partial charge in [0.25, 0.3) is 5.56 Å². The average Bonchev–Trinajstić information content (AvgIpc) is 2.21. The molecular weight excluding hydrogens is 245 g/mol. The predicted molar refractivity (Wildman–Crippen MR) is 62.9 cm³/mol. The SMILES string of the molecule is O=c1c2c(F)cccc2nc(Cl)n1C1CNC1. The third-order valence-electron chi connectivity index (χ3n) is 2.96. The van der Waals surface area contributed by atoms with E-state index < -0.39 is 11.4 Å². The second-order valence-electron chi connectivity index (χ2n) is 4.00. The third kappa shape index (κ3) is 1.54. The molecule has 1 fully saturated rings. The van der Waals surface area contributed by atoms with Gasteiger partial charge in [0.05, 0.1) is 11.6 Å². The summed E-state index contributed by atoms with van der Waals surface area (Å²) in [6.45, 7) is 1.31. The van der Waals surface area contributed by atoms with Gasteiger partial charge in [-0.15, -0.1) is 0 Å². The molecule has 4 nitrogen and oxygen atoms in total. The van der Waals surface area contributed by atoms with Crippen molar-refractivity contribution in [3.05, 3.63) is 39.7 Å². The monoisotopic (exact) mass is 253 g/mol. The second-order valence-corrected chi connectivity index (χ2v) is 4.34. The predicted octanol–water partition coefficient (Wildman–Crippen LogP) is 1.33. The molecule has 0 aliphatic carbocycles. The van der Waals surface area contributed by atoms with Gasteiger partial charge in [-0.3, -0.25) is 9.36 Å². The largest absolute Gasteiger partial charge is 0.313 e. The third-order valence-corrected chi connectivity index (χ3v) is 3.23. The Morgan fingerprint density at radius 1 is 1.47 bits per heavy atom. The highest BCUT2D eigenvalue weighted by molar-refractivity contribution is 6.28. The Morgan fingerprint density at radius 3 is 2.88 bits per heavy atom. The van der Waals surface area contributed by atoms with Gasteiger partial charge in [0.2, 0.25) is 5.28 Å². The molecule has 1 aromatic heterocycles. The van der Waals surface area contributed by atoms with Crippen molar-refractivity contribution in [3.8, 4) is 0 Å². The topological polar surface area (TPSA) is 46.9 Å². The number of fused-ring (bicyclic) bond motifs is 1. The molecule has 1 aliphatic rings. The minimum Gasteiger partial charge on any atom is -0.313 e. The van der Waals surface area contributed by atoms with Crippen LogP contribution >= 0.6 is 11.6 Å². The lowest BCUT2D eigenvalue weighted by Gasteiger charge is -2.29. The van der Waals surface area contributed by atoms with Gasteiger partial charge in [-0.1, -0.05) is 6.07 Å². The quantitative estimate of drug-likeness (QED) is 0.780. The van der Waals surface area contributed by atoms with Crippen molar-refractivity contribution < 1.29 is 4.39 Å². The summed E-state index contributed by atoms with van der Waals surface area (Å²) in [5.41, 5.74) is -0.117. The van der Waals surface area contributed by atoms with Crippen LogP contribution in [0.5, 0.6) is 0 Å². The van der Waals surface area contributed by atoms with E-state index in [4.69, 9.17) is 11.6 Å². The molecule has 0 atom stereocenters. The molecule has 0 amide bonds. The summed E-state index contributed by atoms with van der Waals surface area (Å²) in [6.07, 6.45) is 0. The first-order chi connectivity index (χ1) is 8.18. The van der Waals surface area contributed by atoms with Crippen molar-refractivity contribution in [2.45, 2.75) is 6.04 Å². The van der Waals surface area contributed by atoms with E-state index in [2.05, 4.69) is 10.3 Å². The summed E-state index contributed by atoms with van der Waals surface area (Å²) in [4.78, 5) is 16.2. The van der Waals surface area contributed by atoms with Crippen molar-refractivity contribution >= 4 is 22.5 Å². The van der Waals surface area contributed by atoms with Crippen molar-refractivity contribution in [1.29, 1.82) is 0 Å². The molecule has 0 radical (unpaired) electrons. The number of nitrogens with one attached hydrogen (secondary N) is 1. The lowest BCUT2D eigenvalue weighted by molar-refractivity contribution is 0.335. The molecule has 3 rings (SSSR count). The number of hydrogen-bond donors (Lipinski definition) is 1. The summed E-state index contributed by atoms with van der Waals surface area (Å²) < 4.78 is 15.0. The Labute approximate surface area is 101 Å². The van der Waals surface area contributed by atoms with E-state index in [1.807, 2.05) is 0 Å². The standard InChI is InChI=1S/C11H9ClFN3O/c12-11-15-8-3-1-2-7(13)9(8)10(17)16(11)6-4-14-5-6/h1-3,6,14H,4-5H2. The van der Waals surface area contributed by atoms with Crippen LogP contribution in [0.1, 0.15) is 6.04 Å². The molecule has 2 aromatic rings. The van der Waals surface area contributed by atoms with Crippen LogP contribution in [0.4, 0.5) is 4.39 Å². The highest BCUT2D eigenvalue weighted by Crippen LogP contribution is 2.19. The number of benzene rings is 1. The van der Waals surface area contributed by atoms with E-state index in [0.29, 0.717) is 18.6 Å². The molecule has 0 unspecified atom stereocenters. The van der Waals surface area contributed by atoms with Gasteiger partial charge in [-0.2, -0.15) is 0 Å². The first kappa shape index (κ1) is 10.7. The molecule has 0 spiro atoms. The molecular formula is C11H9ClFN3O. The van der Waals surface area contributed by atoms with Gasteiger partial charge in [-0.05, 0) is 23.7 Å². The van der Waals surface area contributed by atoms with Crippen LogP contribution in [0, 0.1) is 5.82 Å². The number of aromatic nitrogens is 2. The number of halogens is 2. The number of hydrogen-bond acceptors (Lipinski definition) is 3. The van der Waals surface area contributed by atoms with E-state index in [1.54, 1.807) is 6.07 Å². The Kier molecular flexibility index (Phi) is 2.38. The van der Waals surface area contributed by atoms with Gasteiger partial charge >= 0.3 is 0 Å². The zero-order chi connectivity index (χ0) is 12.0. The zero-order valence-corrected chi connectivity index (χ0v) is 9.54. The van der Waals surface area contributed by atoms with Gasteiger partial charge < -0.3 is 5.32 Å². The lowest BCUT2D eigenvalue weighted by atomic mass is 10.1. The second kappa shape index (κ2) is 3.78. The van der Waals surface area contributed by atoms with E-state index in [-0.39, 0.29) is 16.7 Å². The minimum absolute atomic E-state index is 0.00352. The maximum atomic E-state index is 13.6. The Balaban J connectivity index is 2.37. The van der Waals surface area contributed by atoms with Crippen LogP contribution in [0.15, 0.2) is 23.0 Å². The van der Waals surface area contributed by atoms with Crippen LogP contribution in [0.2, 0.25) is 5.28 Å². The van der Waals surface area contributed by atoms with Crippen LogP contribution < -0.4 is 10.9 Å². The lowest BCUT2D eigenvalue weighted by Crippen LogP contribution is -2.47. The maximum absolute atomic E-state index is 13.6. The molecule has 0 bridgehead atoms. The molecule has 1 saturated heterocycles. The highest BCUT2D eigenvalue weighted by Gasteiger charge is 2.24. The molecule has 2 heterocycles. The summed E-state index contributed by atoms with van der Waals surface area (Å²) in [5, 5.41) is 3.15. The molecule has 88 valence electrons. The highest BCUT2D eigenvalue weighted by atomic mass is 35.5. The van der Waals surface area contributed by atoms with Crippen LogP contribution in [0.25, 0.3) is 10.9 Å². The molecule has 0 saturated carbocycles. The Morgan fingerprint density at radius 2 is 2.24 bits per heavy atom. The number of nitrogens with zero attached hydrogens (tertiary/aromatic N) is 2. The normalized spacial score (nSPS) is 16.1. The number of rotatable bonds is 1. The zero-order valence-electron chi connectivity index (χ0n) is 8.78. The van der Waals surface area contributed by atoms with Crippen LogP contribution in [0.3, 0.4) is 0 Å². The fraction of sp³-hybridized carbons (Fsp3) is 0.273. The molecule has 1 N–H and O–H groups in total. The summed E-state index contributed by atoms with van der Waals surface area (Å²) in [7, 11) is 0. The van der Waals surface area contributed by atoms with Crippen molar-refractivity contribution in [3.63, 3.8) is 0 Å². The maximum Gasteiger partial charge on any atom is 0.265 e. The van der Waals surface area contributed by atoms with E-state index in [1.165, 1.54) is 16.7 Å². The molecule has 1 aromatic carbocycles. The van der Waals surface area contributed by atoms with Gasteiger partial charge in [0, 0.05) is 13.1 Å². The fourth-order valence-electron chi connectivity index (χ4n) is 1.95. The van der Waals surface area contributed by atoms with E-state index in [0.717, 1.165) is 0 Å². The van der Waals surface area contributed by atoms with Gasteiger partial charge in [0.15, 0.2) is 0 Å². The summed E-state index contributed by atoms with van der Waals surface area (Å²) in [6, 6.07) is 4.31. The smallest absolute Gasteiger partial charge is 0.265 e. The van der Waals surface area contributed by atoms with Crippen LogP contribution in [-0.2, 0) is 0 Å². The molecule has 6 heteroatoms. The molecule has 17 heavy (non-hydrogen) atoms. The first-order valence-corrected chi connectivity index (χ1v) is 5.63. The van der Waals surface area contributed by atoms with Crippen LogP contribution in [-0.4, -0.2) is 22.6 Å². The average molecular weight is 254 g/mol. The van der Waals surface area contributed by atoms with Gasteiger partial charge in [0.1, 0.15) is 11.2 Å². The molecule has 1 aliphatic heterocycles. The minimum atomic E-state index is -0.558.